The first-order valence-corrected chi connectivity index (χ1v) is 12.8. The van der Waals surface area contributed by atoms with E-state index in [0.717, 1.165) is 23.1 Å². The average molecular weight is 540 g/mol. The molecule has 7 heterocycles. The summed E-state index contributed by atoms with van der Waals surface area (Å²) in [6, 6.07) is 6.38. The lowest BCUT2D eigenvalue weighted by Gasteiger charge is -2.56. The van der Waals surface area contributed by atoms with E-state index in [1.807, 2.05) is 19.3 Å². The lowest BCUT2D eigenvalue weighted by molar-refractivity contribution is -0.00934. The number of aromatic hydroxyl groups is 1. The van der Waals surface area contributed by atoms with Crippen LogP contribution in [-0.4, -0.2) is 64.9 Å². The fraction of sp³-hybridized carbons (Fsp3) is 0.250. The van der Waals surface area contributed by atoms with Crippen LogP contribution < -0.4 is 4.90 Å². The zero-order valence-corrected chi connectivity index (χ0v) is 21.4. The molecule has 12 heteroatoms. The molecule has 2 bridgehead atoms. The molecule has 0 radical (unpaired) electrons. The predicted octanol–water partition coefficient (Wildman–Crippen LogP) is 3.74. The zero-order valence-electron chi connectivity index (χ0n) is 21.4. The highest BCUT2D eigenvalue weighted by molar-refractivity contribution is 5.97. The summed E-state index contributed by atoms with van der Waals surface area (Å²) in [6.07, 6.45) is 9.54. The molecule has 0 amide bonds. The van der Waals surface area contributed by atoms with E-state index in [9.17, 15) is 19.1 Å². The fourth-order valence-electron chi connectivity index (χ4n) is 5.83. The van der Waals surface area contributed by atoms with E-state index in [2.05, 4.69) is 40.9 Å². The Bertz CT molecular complexity index is 1800. The molecule has 2 unspecified atom stereocenters. The number of hydrogen-bond donors (Lipinski definition) is 2. The number of halogens is 2. The highest BCUT2D eigenvalue weighted by Gasteiger charge is 2.45. The van der Waals surface area contributed by atoms with Crippen molar-refractivity contribution in [2.45, 2.75) is 25.0 Å². The standard InChI is InChI=1S/C28H23F2N9O/c1-37-11-17(8-35-37)23-5-21-26(16(6-31)7-34-28(21)36-23)24-9-33-25(10-32-24)38-13-19-4-20(14-38)39(19)12-15-2-18(29)3-22(30)27(15)40/h2-3,5,7-11,19-20,40H,4,12-14H2,1H3,(H,34,36). The van der Waals surface area contributed by atoms with E-state index in [0.29, 0.717) is 47.4 Å². The first kappa shape index (κ1) is 24.2. The number of hydrogen-bond acceptors (Lipinski definition) is 8. The second-order valence-corrected chi connectivity index (χ2v) is 10.3. The van der Waals surface area contributed by atoms with Gasteiger partial charge in [-0.25, -0.2) is 18.7 Å². The van der Waals surface area contributed by atoms with Gasteiger partial charge in [0.1, 0.15) is 23.4 Å². The molecule has 1 aromatic carbocycles. The molecule has 8 rings (SSSR count). The second kappa shape index (κ2) is 9.10. The molecular formula is C28H23F2N9O. The highest BCUT2D eigenvalue weighted by atomic mass is 19.1. The Kier molecular flexibility index (Phi) is 5.50. The van der Waals surface area contributed by atoms with Crippen LogP contribution in [0.15, 0.2) is 49.2 Å². The number of pyridine rings is 1. The number of aryl methyl sites for hydroxylation is 1. The first-order valence-electron chi connectivity index (χ1n) is 12.8. The van der Waals surface area contributed by atoms with Crippen LogP contribution in [0, 0.1) is 23.0 Å². The van der Waals surface area contributed by atoms with Gasteiger partial charge in [-0.3, -0.25) is 14.6 Å². The number of phenolic OH excluding ortho intramolecular Hbond substituents is 1. The molecule has 3 saturated heterocycles. The number of rotatable bonds is 5. The smallest absolute Gasteiger partial charge is 0.168 e. The number of phenols is 1. The Morgan fingerprint density at radius 2 is 1.90 bits per heavy atom. The van der Waals surface area contributed by atoms with Crippen molar-refractivity contribution in [3.63, 3.8) is 0 Å². The van der Waals surface area contributed by atoms with E-state index < -0.39 is 17.4 Å². The summed E-state index contributed by atoms with van der Waals surface area (Å²) in [6.45, 7) is 1.64. The fourth-order valence-corrected chi connectivity index (χ4v) is 5.83. The summed E-state index contributed by atoms with van der Waals surface area (Å²) in [5.74, 6) is -1.43. The third kappa shape index (κ3) is 3.94. The van der Waals surface area contributed by atoms with Gasteiger partial charge in [0.05, 0.1) is 35.5 Å². The number of piperidine rings is 1. The number of nitrogens with zero attached hydrogens (tertiary/aromatic N) is 8. The zero-order chi connectivity index (χ0) is 27.5. The van der Waals surface area contributed by atoms with Crippen LogP contribution in [0.25, 0.3) is 33.5 Å². The Labute approximate surface area is 227 Å². The Hall–Kier alpha value is -4.89. The van der Waals surface area contributed by atoms with Crippen molar-refractivity contribution < 1.29 is 13.9 Å². The van der Waals surface area contributed by atoms with Gasteiger partial charge in [0, 0.05) is 79.3 Å². The van der Waals surface area contributed by atoms with Crippen LogP contribution in [0.1, 0.15) is 17.5 Å². The van der Waals surface area contributed by atoms with Gasteiger partial charge in [-0.05, 0) is 18.6 Å². The number of H-pyrrole nitrogens is 1. The van der Waals surface area contributed by atoms with E-state index in [1.54, 1.807) is 23.3 Å². The van der Waals surface area contributed by atoms with Gasteiger partial charge in [0.2, 0.25) is 0 Å². The molecule has 40 heavy (non-hydrogen) atoms. The number of aromatic nitrogens is 6. The number of piperazine rings is 1. The second-order valence-electron chi connectivity index (χ2n) is 10.3. The molecule has 3 aliphatic heterocycles. The number of benzene rings is 1. The third-order valence-corrected chi connectivity index (χ3v) is 7.82. The molecule has 4 aromatic heterocycles. The molecule has 0 aliphatic carbocycles. The molecule has 3 aliphatic rings. The van der Waals surface area contributed by atoms with E-state index >= 15 is 0 Å². The van der Waals surface area contributed by atoms with Crippen molar-refractivity contribution in [1.29, 1.82) is 5.26 Å². The largest absolute Gasteiger partial charge is 0.505 e. The van der Waals surface area contributed by atoms with Crippen molar-refractivity contribution in [2.75, 3.05) is 18.0 Å². The maximum atomic E-state index is 13.8. The number of fused-ring (bicyclic) bond motifs is 3. The van der Waals surface area contributed by atoms with Crippen LogP contribution >= 0.6 is 0 Å². The molecule has 10 nitrogen and oxygen atoms in total. The maximum absolute atomic E-state index is 13.8. The summed E-state index contributed by atoms with van der Waals surface area (Å²) in [5, 5.41) is 24.8. The van der Waals surface area contributed by atoms with Crippen LogP contribution in [0.3, 0.4) is 0 Å². The molecule has 200 valence electrons. The lowest BCUT2D eigenvalue weighted by Crippen LogP contribution is -2.68. The van der Waals surface area contributed by atoms with Crippen molar-refractivity contribution in [3.05, 3.63) is 71.9 Å². The van der Waals surface area contributed by atoms with Crippen LogP contribution in [0.4, 0.5) is 14.6 Å². The minimum atomic E-state index is -0.948. The first-order chi connectivity index (χ1) is 19.4. The highest BCUT2D eigenvalue weighted by Crippen LogP contribution is 2.38. The van der Waals surface area contributed by atoms with Crippen LogP contribution in [-0.2, 0) is 13.6 Å². The third-order valence-electron chi connectivity index (χ3n) is 7.82. The van der Waals surface area contributed by atoms with Crippen LogP contribution in [0.5, 0.6) is 5.75 Å². The Balaban J connectivity index is 1.12. The van der Waals surface area contributed by atoms with Crippen molar-refractivity contribution in [3.8, 4) is 34.3 Å². The van der Waals surface area contributed by atoms with E-state index in [4.69, 9.17) is 0 Å². The van der Waals surface area contributed by atoms with Crippen LogP contribution in [0.2, 0.25) is 0 Å². The maximum Gasteiger partial charge on any atom is 0.168 e. The predicted molar refractivity (Wildman–Crippen MR) is 142 cm³/mol. The molecular weight excluding hydrogens is 516 g/mol. The van der Waals surface area contributed by atoms with E-state index in [-0.39, 0.29) is 24.2 Å². The quantitative estimate of drug-likeness (QED) is 0.346. The van der Waals surface area contributed by atoms with Gasteiger partial charge < -0.3 is 15.0 Å². The van der Waals surface area contributed by atoms with Crippen molar-refractivity contribution in [2.24, 2.45) is 7.05 Å². The molecule has 2 atom stereocenters. The van der Waals surface area contributed by atoms with E-state index in [1.165, 1.54) is 12.3 Å². The van der Waals surface area contributed by atoms with Gasteiger partial charge in [-0.2, -0.15) is 10.4 Å². The van der Waals surface area contributed by atoms with Gasteiger partial charge in [0.15, 0.2) is 11.6 Å². The molecule has 0 spiro atoms. The number of nitriles is 1. The van der Waals surface area contributed by atoms with Crippen molar-refractivity contribution >= 4 is 16.9 Å². The minimum absolute atomic E-state index is 0.168. The molecule has 3 fully saturated rings. The monoisotopic (exact) mass is 539 g/mol. The summed E-state index contributed by atoms with van der Waals surface area (Å²) in [5.41, 5.74) is 4.25. The number of nitrogens with one attached hydrogen (secondary N) is 1. The SMILES string of the molecule is Cn1cc(-c2cc3c(-c4cnc(N5CC6CC(C5)N6Cc5cc(F)cc(F)c5O)cn4)c(C#N)cnc3[nH]2)cn1. The lowest BCUT2D eigenvalue weighted by atomic mass is 9.86. The minimum Gasteiger partial charge on any atom is -0.505 e. The van der Waals surface area contributed by atoms with Gasteiger partial charge in [-0.1, -0.05) is 0 Å². The average Bonchev–Trinajstić information content (AvgIpc) is 3.59. The molecule has 5 aromatic rings. The normalized spacial score (nSPS) is 18.6. The topological polar surface area (TPSA) is 123 Å². The summed E-state index contributed by atoms with van der Waals surface area (Å²) < 4.78 is 29.2. The van der Waals surface area contributed by atoms with Crippen molar-refractivity contribution in [1.82, 2.24) is 34.6 Å². The molecule has 0 saturated carbocycles. The van der Waals surface area contributed by atoms with Gasteiger partial charge in [-0.15, -0.1) is 0 Å². The number of aromatic amines is 1. The summed E-state index contributed by atoms with van der Waals surface area (Å²) >= 11 is 0. The molecule has 2 N–H and O–H groups in total. The summed E-state index contributed by atoms with van der Waals surface area (Å²) in [7, 11) is 1.85. The summed E-state index contributed by atoms with van der Waals surface area (Å²) in [4.78, 5) is 21.4. The van der Waals surface area contributed by atoms with Gasteiger partial charge in [0.25, 0.3) is 0 Å². The Morgan fingerprint density at radius 1 is 1.07 bits per heavy atom. The van der Waals surface area contributed by atoms with Gasteiger partial charge >= 0.3 is 0 Å². The number of anilines is 1. The Morgan fingerprint density at radius 3 is 2.60 bits per heavy atom.